The van der Waals surface area contributed by atoms with Crippen molar-refractivity contribution in [3.05, 3.63) is 35.0 Å². The van der Waals surface area contributed by atoms with Crippen molar-refractivity contribution in [1.29, 1.82) is 0 Å². The van der Waals surface area contributed by atoms with Gasteiger partial charge in [0.05, 0.1) is 5.56 Å². The number of nitrogens with zero attached hydrogens (tertiary/aromatic N) is 1. The maximum atomic E-state index is 10.5. The summed E-state index contributed by atoms with van der Waals surface area (Å²) in [5.74, 6) is -0.357. The van der Waals surface area contributed by atoms with E-state index < -0.39 is 5.97 Å². The van der Waals surface area contributed by atoms with Gasteiger partial charge in [-0.1, -0.05) is 22.5 Å². The van der Waals surface area contributed by atoms with E-state index >= 15 is 0 Å². The molecular formula is C9H9BrN2O2. The van der Waals surface area contributed by atoms with Crippen LogP contribution in [0.4, 0.5) is 5.82 Å². The van der Waals surface area contributed by atoms with Gasteiger partial charge in [-0.25, -0.2) is 9.78 Å². The standard InChI is InChI=1S/C9H9BrN2O2/c1-6(10)4-11-8-3-2-7(5-12-8)9(13)14/h2-3,5H,1,4H2,(H,11,12)(H,13,14). The quantitative estimate of drug-likeness (QED) is 0.867. The van der Waals surface area contributed by atoms with Gasteiger partial charge < -0.3 is 10.4 Å². The van der Waals surface area contributed by atoms with E-state index in [9.17, 15) is 4.79 Å². The first-order chi connectivity index (χ1) is 6.59. The van der Waals surface area contributed by atoms with Gasteiger partial charge in [0.2, 0.25) is 0 Å². The van der Waals surface area contributed by atoms with Gasteiger partial charge in [0.15, 0.2) is 0 Å². The number of nitrogens with one attached hydrogen (secondary N) is 1. The molecule has 4 nitrogen and oxygen atoms in total. The van der Waals surface area contributed by atoms with Crippen LogP contribution in [0.3, 0.4) is 0 Å². The molecule has 0 spiro atoms. The average Bonchev–Trinajstić information content (AvgIpc) is 2.15. The van der Waals surface area contributed by atoms with Crippen LogP contribution in [-0.4, -0.2) is 22.6 Å². The molecule has 0 amide bonds. The summed E-state index contributed by atoms with van der Waals surface area (Å²) in [7, 11) is 0. The third-order valence-electron chi connectivity index (χ3n) is 1.47. The van der Waals surface area contributed by atoms with Crippen molar-refractivity contribution in [3.63, 3.8) is 0 Å². The number of carboxylic acid groups (broad SMARTS) is 1. The molecule has 0 unspecified atom stereocenters. The fourth-order valence-corrected chi connectivity index (χ4v) is 0.952. The molecule has 0 radical (unpaired) electrons. The largest absolute Gasteiger partial charge is 0.478 e. The molecule has 1 rings (SSSR count). The topological polar surface area (TPSA) is 62.2 Å². The Kier molecular flexibility index (Phi) is 3.64. The van der Waals surface area contributed by atoms with Crippen LogP contribution in [0, 0.1) is 0 Å². The molecule has 0 saturated carbocycles. The molecule has 0 atom stereocenters. The van der Waals surface area contributed by atoms with E-state index in [1.807, 2.05) is 0 Å². The Morgan fingerprint density at radius 2 is 2.36 bits per heavy atom. The Labute approximate surface area is 89.8 Å². The number of carbonyl (C=O) groups is 1. The van der Waals surface area contributed by atoms with Crippen molar-refractivity contribution in [2.45, 2.75) is 0 Å². The summed E-state index contributed by atoms with van der Waals surface area (Å²) in [6.07, 6.45) is 1.31. The summed E-state index contributed by atoms with van der Waals surface area (Å²) in [5.41, 5.74) is 0.174. The van der Waals surface area contributed by atoms with Crippen LogP contribution < -0.4 is 5.32 Å². The Morgan fingerprint density at radius 3 is 2.79 bits per heavy atom. The second-order valence-corrected chi connectivity index (χ2v) is 3.73. The summed E-state index contributed by atoms with van der Waals surface area (Å²) in [5, 5.41) is 11.6. The number of hydrogen-bond donors (Lipinski definition) is 2. The van der Waals surface area contributed by atoms with Crippen LogP contribution in [0.2, 0.25) is 0 Å². The molecule has 0 bridgehead atoms. The Balaban J connectivity index is 2.64. The lowest BCUT2D eigenvalue weighted by Crippen LogP contribution is -2.04. The lowest BCUT2D eigenvalue weighted by Gasteiger charge is -2.03. The number of carboxylic acids is 1. The minimum absolute atomic E-state index is 0.174. The van der Waals surface area contributed by atoms with Crippen molar-refractivity contribution in [1.82, 2.24) is 4.98 Å². The Hall–Kier alpha value is -1.36. The number of anilines is 1. The zero-order valence-electron chi connectivity index (χ0n) is 7.33. The molecule has 14 heavy (non-hydrogen) atoms. The highest BCUT2D eigenvalue weighted by Gasteiger charge is 2.02. The van der Waals surface area contributed by atoms with Gasteiger partial charge in [0, 0.05) is 17.2 Å². The first-order valence-corrected chi connectivity index (χ1v) is 4.65. The van der Waals surface area contributed by atoms with Crippen LogP contribution in [0.1, 0.15) is 10.4 Å². The number of rotatable bonds is 4. The van der Waals surface area contributed by atoms with Crippen LogP contribution in [-0.2, 0) is 0 Å². The van der Waals surface area contributed by atoms with E-state index in [2.05, 4.69) is 32.8 Å². The van der Waals surface area contributed by atoms with Crippen molar-refractivity contribution in [3.8, 4) is 0 Å². The van der Waals surface area contributed by atoms with E-state index in [4.69, 9.17) is 5.11 Å². The third kappa shape index (κ3) is 3.18. The zero-order valence-corrected chi connectivity index (χ0v) is 8.91. The number of halogens is 1. The van der Waals surface area contributed by atoms with Gasteiger partial charge in [-0.2, -0.15) is 0 Å². The minimum atomic E-state index is -0.978. The fraction of sp³-hybridized carbons (Fsp3) is 0.111. The molecule has 0 fully saturated rings. The average molecular weight is 257 g/mol. The Bertz CT molecular complexity index is 348. The summed E-state index contributed by atoms with van der Waals surface area (Å²) in [4.78, 5) is 14.4. The Morgan fingerprint density at radius 1 is 1.64 bits per heavy atom. The zero-order chi connectivity index (χ0) is 10.6. The number of pyridine rings is 1. The van der Waals surface area contributed by atoms with Crippen LogP contribution in [0.5, 0.6) is 0 Å². The van der Waals surface area contributed by atoms with Gasteiger partial charge in [-0.15, -0.1) is 0 Å². The first kappa shape index (κ1) is 10.7. The number of aromatic nitrogens is 1. The normalized spacial score (nSPS) is 9.50. The van der Waals surface area contributed by atoms with Crippen molar-refractivity contribution < 1.29 is 9.90 Å². The van der Waals surface area contributed by atoms with E-state index in [1.165, 1.54) is 12.3 Å². The molecule has 0 aliphatic heterocycles. The third-order valence-corrected chi connectivity index (χ3v) is 1.75. The summed E-state index contributed by atoms with van der Waals surface area (Å²) >= 11 is 3.19. The number of hydrogen-bond acceptors (Lipinski definition) is 3. The molecule has 5 heteroatoms. The van der Waals surface area contributed by atoms with Crippen LogP contribution in [0.25, 0.3) is 0 Å². The van der Waals surface area contributed by atoms with E-state index in [0.29, 0.717) is 12.4 Å². The molecular weight excluding hydrogens is 248 g/mol. The second-order valence-electron chi connectivity index (χ2n) is 2.61. The smallest absolute Gasteiger partial charge is 0.337 e. The second kappa shape index (κ2) is 4.76. The van der Waals surface area contributed by atoms with Gasteiger partial charge in [-0.05, 0) is 12.1 Å². The summed E-state index contributed by atoms with van der Waals surface area (Å²) < 4.78 is 0.807. The van der Waals surface area contributed by atoms with Crippen molar-refractivity contribution >= 4 is 27.7 Å². The van der Waals surface area contributed by atoms with Gasteiger partial charge in [0.25, 0.3) is 0 Å². The molecule has 1 aromatic rings. The molecule has 0 aromatic carbocycles. The monoisotopic (exact) mass is 256 g/mol. The summed E-state index contributed by atoms with van der Waals surface area (Å²) in [6.45, 7) is 4.20. The maximum Gasteiger partial charge on any atom is 0.337 e. The molecule has 74 valence electrons. The fourth-order valence-electron chi connectivity index (χ4n) is 0.811. The van der Waals surface area contributed by atoms with Gasteiger partial charge in [-0.3, -0.25) is 0 Å². The molecule has 0 saturated heterocycles. The predicted octanol–water partition coefficient (Wildman–Crippen LogP) is 2.10. The molecule has 1 heterocycles. The van der Waals surface area contributed by atoms with Crippen molar-refractivity contribution in [2.75, 3.05) is 11.9 Å². The molecule has 0 aliphatic rings. The minimum Gasteiger partial charge on any atom is -0.478 e. The van der Waals surface area contributed by atoms with Gasteiger partial charge >= 0.3 is 5.97 Å². The maximum absolute atomic E-state index is 10.5. The highest BCUT2D eigenvalue weighted by Crippen LogP contribution is 2.07. The lowest BCUT2D eigenvalue weighted by atomic mass is 10.3. The highest BCUT2D eigenvalue weighted by atomic mass is 79.9. The number of aromatic carboxylic acids is 1. The van der Waals surface area contributed by atoms with E-state index in [-0.39, 0.29) is 5.56 Å². The SMILES string of the molecule is C=C(Br)CNc1ccc(C(=O)O)cn1. The summed E-state index contributed by atoms with van der Waals surface area (Å²) in [6, 6.07) is 3.11. The predicted molar refractivity (Wildman–Crippen MR) is 57.8 cm³/mol. The lowest BCUT2D eigenvalue weighted by molar-refractivity contribution is 0.0696. The molecule has 1 aromatic heterocycles. The highest BCUT2D eigenvalue weighted by molar-refractivity contribution is 9.11. The molecule has 0 aliphatic carbocycles. The van der Waals surface area contributed by atoms with Crippen molar-refractivity contribution in [2.24, 2.45) is 0 Å². The van der Waals surface area contributed by atoms with Crippen LogP contribution >= 0.6 is 15.9 Å². The van der Waals surface area contributed by atoms with E-state index in [0.717, 1.165) is 4.48 Å². The first-order valence-electron chi connectivity index (χ1n) is 3.86. The van der Waals surface area contributed by atoms with Crippen LogP contribution in [0.15, 0.2) is 29.4 Å². The van der Waals surface area contributed by atoms with E-state index in [1.54, 1.807) is 6.07 Å². The molecule has 2 N–H and O–H groups in total. The van der Waals surface area contributed by atoms with Gasteiger partial charge in [0.1, 0.15) is 5.82 Å².